The lowest BCUT2D eigenvalue weighted by molar-refractivity contribution is 0.0775. The lowest BCUT2D eigenvalue weighted by Gasteiger charge is -2.16. The predicted molar refractivity (Wildman–Crippen MR) is 104 cm³/mol. The second-order valence-electron chi connectivity index (χ2n) is 6.32. The van der Waals surface area contributed by atoms with E-state index in [4.69, 9.17) is 4.74 Å². The Kier molecular flexibility index (Phi) is 4.76. The molecule has 0 fully saturated rings. The molecule has 8 nitrogen and oxygen atoms in total. The van der Waals surface area contributed by atoms with Crippen LogP contribution in [0.1, 0.15) is 23.0 Å². The predicted octanol–water partition coefficient (Wildman–Crippen LogP) is 2.81. The Bertz CT molecular complexity index is 1100. The Balaban J connectivity index is 1.63. The number of aromatic amines is 1. The van der Waals surface area contributed by atoms with Gasteiger partial charge in [-0.2, -0.15) is 5.10 Å². The van der Waals surface area contributed by atoms with E-state index in [1.807, 2.05) is 55.5 Å². The third-order valence-electron chi connectivity index (χ3n) is 4.37. The van der Waals surface area contributed by atoms with Crippen LogP contribution in [0, 0.1) is 0 Å². The number of hydrogen-bond acceptors (Lipinski definition) is 5. The van der Waals surface area contributed by atoms with Crippen LogP contribution in [0.5, 0.6) is 5.88 Å². The number of fused-ring (bicyclic) bond motifs is 1. The Morgan fingerprint density at radius 2 is 1.96 bits per heavy atom. The van der Waals surface area contributed by atoms with Gasteiger partial charge in [-0.3, -0.25) is 9.89 Å². The van der Waals surface area contributed by atoms with Gasteiger partial charge in [-0.1, -0.05) is 36.4 Å². The summed E-state index contributed by atoms with van der Waals surface area (Å²) in [5.41, 5.74) is 2.83. The maximum Gasteiger partial charge on any atom is 0.280 e. The lowest BCUT2D eigenvalue weighted by Crippen LogP contribution is -2.27. The molecule has 2 heterocycles. The fourth-order valence-corrected chi connectivity index (χ4v) is 3.01. The van der Waals surface area contributed by atoms with Crippen LogP contribution in [0.3, 0.4) is 0 Å². The molecule has 0 saturated heterocycles. The molecule has 0 radical (unpaired) electrons. The van der Waals surface area contributed by atoms with Crippen LogP contribution in [0.25, 0.3) is 16.6 Å². The maximum absolute atomic E-state index is 13.1. The van der Waals surface area contributed by atoms with Crippen LogP contribution >= 0.6 is 0 Å². The van der Waals surface area contributed by atoms with Gasteiger partial charge in [-0.05, 0) is 24.6 Å². The number of para-hydroxylation sites is 2. The molecule has 0 spiro atoms. The minimum absolute atomic E-state index is 0.185. The molecule has 0 unspecified atom stereocenters. The van der Waals surface area contributed by atoms with E-state index < -0.39 is 0 Å². The maximum atomic E-state index is 13.1. The number of rotatable bonds is 6. The fourth-order valence-electron chi connectivity index (χ4n) is 3.01. The summed E-state index contributed by atoms with van der Waals surface area (Å²) in [7, 11) is 1.73. The molecule has 28 heavy (non-hydrogen) atoms. The highest BCUT2D eigenvalue weighted by atomic mass is 16.5. The van der Waals surface area contributed by atoms with Crippen molar-refractivity contribution in [3.05, 3.63) is 66.0 Å². The smallest absolute Gasteiger partial charge is 0.280 e. The first-order chi connectivity index (χ1) is 13.7. The average molecular weight is 376 g/mol. The van der Waals surface area contributed by atoms with E-state index in [1.54, 1.807) is 18.1 Å². The molecule has 142 valence electrons. The molecule has 2 aromatic carbocycles. The van der Waals surface area contributed by atoms with Gasteiger partial charge in [0.25, 0.3) is 11.8 Å². The second kappa shape index (κ2) is 7.51. The van der Waals surface area contributed by atoms with Gasteiger partial charge < -0.3 is 9.64 Å². The molecule has 1 amide bonds. The van der Waals surface area contributed by atoms with Gasteiger partial charge in [0.2, 0.25) is 5.69 Å². The summed E-state index contributed by atoms with van der Waals surface area (Å²) < 4.78 is 5.56. The number of benzene rings is 2. The van der Waals surface area contributed by atoms with Crippen molar-refractivity contribution in [2.24, 2.45) is 0 Å². The van der Waals surface area contributed by atoms with E-state index in [-0.39, 0.29) is 17.5 Å². The first kappa shape index (κ1) is 17.7. The number of amides is 1. The molecule has 0 bridgehead atoms. The number of H-pyrrole nitrogens is 1. The Labute approximate surface area is 161 Å². The summed E-state index contributed by atoms with van der Waals surface area (Å²) in [6.07, 6.45) is 1.76. The van der Waals surface area contributed by atoms with Crippen LogP contribution in [-0.2, 0) is 6.54 Å². The number of nitrogens with zero attached hydrogens (tertiary/aromatic N) is 5. The van der Waals surface area contributed by atoms with Crippen LogP contribution in [0.15, 0.2) is 54.7 Å². The molecule has 1 N–H and O–H groups in total. The highest BCUT2D eigenvalue weighted by Crippen LogP contribution is 2.21. The zero-order chi connectivity index (χ0) is 19.5. The normalized spacial score (nSPS) is 10.9. The average Bonchev–Trinajstić information content (AvgIpc) is 3.36. The van der Waals surface area contributed by atoms with Gasteiger partial charge in [0.1, 0.15) is 0 Å². The molecule has 4 rings (SSSR count). The summed E-state index contributed by atoms with van der Waals surface area (Å²) in [6.45, 7) is 2.64. The molecular formula is C20H20N6O2. The number of carbonyl (C=O) groups is 1. The van der Waals surface area contributed by atoms with E-state index in [0.717, 1.165) is 22.2 Å². The standard InChI is InChI=1S/C20H20N6O2/c1-3-28-19-18(23-26(24-19)16-10-5-4-6-11-16)20(27)25(2)13-15-9-7-8-14-12-21-22-17(14)15/h4-12H,3,13H2,1-2H3,(H,21,22). The third kappa shape index (κ3) is 3.32. The van der Waals surface area contributed by atoms with Crippen molar-refractivity contribution < 1.29 is 9.53 Å². The minimum atomic E-state index is -0.262. The van der Waals surface area contributed by atoms with Crippen LogP contribution in [-0.4, -0.2) is 49.7 Å². The molecule has 2 aromatic heterocycles. The van der Waals surface area contributed by atoms with Gasteiger partial charge in [-0.25, -0.2) is 0 Å². The van der Waals surface area contributed by atoms with Crippen molar-refractivity contribution in [3.63, 3.8) is 0 Å². The van der Waals surface area contributed by atoms with Gasteiger partial charge >= 0.3 is 0 Å². The first-order valence-electron chi connectivity index (χ1n) is 8.99. The molecule has 0 atom stereocenters. The molecule has 0 aliphatic heterocycles. The Morgan fingerprint density at radius 1 is 1.14 bits per heavy atom. The van der Waals surface area contributed by atoms with E-state index in [0.29, 0.717) is 13.2 Å². The highest BCUT2D eigenvalue weighted by Gasteiger charge is 2.24. The zero-order valence-corrected chi connectivity index (χ0v) is 15.7. The van der Waals surface area contributed by atoms with Crippen molar-refractivity contribution in [2.45, 2.75) is 13.5 Å². The lowest BCUT2D eigenvalue weighted by atomic mass is 10.1. The number of aromatic nitrogens is 5. The van der Waals surface area contributed by atoms with E-state index >= 15 is 0 Å². The number of hydrogen-bond donors (Lipinski definition) is 1. The summed E-state index contributed by atoms with van der Waals surface area (Å²) in [6, 6.07) is 15.3. The van der Waals surface area contributed by atoms with Gasteiger partial charge in [0.15, 0.2) is 0 Å². The minimum Gasteiger partial charge on any atom is -0.475 e. The van der Waals surface area contributed by atoms with Gasteiger partial charge in [-0.15, -0.1) is 15.0 Å². The van der Waals surface area contributed by atoms with E-state index in [9.17, 15) is 4.79 Å². The second-order valence-corrected chi connectivity index (χ2v) is 6.32. The monoisotopic (exact) mass is 376 g/mol. The summed E-state index contributed by atoms with van der Waals surface area (Å²) in [5.74, 6) is -0.0369. The fraction of sp³-hybridized carbons (Fsp3) is 0.200. The molecule has 0 aliphatic carbocycles. The zero-order valence-electron chi connectivity index (χ0n) is 15.7. The molecule has 0 aliphatic rings. The quantitative estimate of drug-likeness (QED) is 0.559. The third-order valence-corrected chi connectivity index (χ3v) is 4.37. The molecule has 8 heteroatoms. The number of carbonyl (C=O) groups excluding carboxylic acids is 1. The van der Waals surface area contributed by atoms with Gasteiger partial charge in [0, 0.05) is 19.0 Å². The SMILES string of the molecule is CCOc1nn(-c2ccccc2)nc1C(=O)N(C)Cc1cccc2cn[nH]c12. The topological polar surface area (TPSA) is 88.9 Å². The van der Waals surface area contributed by atoms with Crippen molar-refractivity contribution in [1.29, 1.82) is 0 Å². The van der Waals surface area contributed by atoms with Crippen LogP contribution < -0.4 is 4.74 Å². The van der Waals surface area contributed by atoms with Gasteiger partial charge in [0.05, 0.1) is 24.0 Å². The Hall–Kier alpha value is -3.68. The van der Waals surface area contributed by atoms with Crippen molar-refractivity contribution >= 4 is 16.8 Å². The van der Waals surface area contributed by atoms with Crippen molar-refractivity contribution in [2.75, 3.05) is 13.7 Å². The summed E-state index contributed by atoms with van der Waals surface area (Å²) in [4.78, 5) is 16.1. The molecule has 4 aromatic rings. The van der Waals surface area contributed by atoms with Crippen LogP contribution in [0.2, 0.25) is 0 Å². The number of nitrogens with one attached hydrogen (secondary N) is 1. The summed E-state index contributed by atoms with van der Waals surface area (Å²) >= 11 is 0. The van der Waals surface area contributed by atoms with E-state index in [1.165, 1.54) is 4.80 Å². The largest absolute Gasteiger partial charge is 0.475 e. The van der Waals surface area contributed by atoms with Crippen molar-refractivity contribution in [3.8, 4) is 11.6 Å². The van der Waals surface area contributed by atoms with Crippen LogP contribution in [0.4, 0.5) is 0 Å². The first-order valence-corrected chi connectivity index (χ1v) is 8.99. The highest BCUT2D eigenvalue weighted by molar-refractivity contribution is 5.94. The molecular weight excluding hydrogens is 356 g/mol. The van der Waals surface area contributed by atoms with Crippen molar-refractivity contribution in [1.82, 2.24) is 30.1 Å². The van der Waals surface area contributed by atoms with E-state index in [2.05, 4.69) is 20.4 Å². The number of ether oxygens (including phenoxy) is 1. The summed E-state index contributed by atoms with van der Waals surface area (Å²) in [5, 5.41) is 16.8. The molecule has 0 saturated carbocycles. The Morgan fingerprint density at radius 3 is 2.75 bits per heavy atom.